The summed E-state index contributed by atoms with van der Waals surface area (Å²) in [7, 11) is 0. The molecule has 2 rings (SSSR count). The zero-order chi connectivity index (χ0) is 10.8. The highest BCUT2D eigenvalue weighted by Gasteiger charge is 2.17. The lowest BCUT2D eigenvalue weighted by Gasteiger charge is -2.22. The number of hydrogen-bond donors (Lipinski definition) is 1. The third-order valence-electron chi connectivity index (χ3n) is 2.40. The van der Waals surface area contributed by atoms with Crippen LogP contribution >= 0.6 is 15.9 Å². The van der Waals surface area contributed by atoms with Crippen molar-refractivity contribution in [2.24, 2.45) is 5.73 Å². The number of fused-ring (bicyclic) bond motifs is 1. The van der Waals surface area contributed by atoms with Crippen molar-refractivity contribution in [3.05, 3.63) is 27.7 Å². The van der Waals surface area contributed by atoms with Crippen LogP contribution < -0.4 is 10.5 Å². The Morgan fingerprint density at radius 2 is 2.33 bits per heavy atom. The van der Waals surface area contributed by atoms with E-state index in [4.69, 9.17) is 15.2 Å². The van der Waals surface area contributed by atoms with E-state index in [1.807, 2.05) is 19.1 Å². The number of ether oxygens (including phenoxy) is 2. The topological polar surface area (TPSA) is 44.5 Å². The van der Waals surface area contributed by atoms with Crippen LogP contribution in [-0.2, 0) is 17.8 Å². The molecule has 1 aliphatic rings. The molecular formula is C11H14BrNO2. The fourth-order valence-corrected chi connectivity index (χ4v) is 2.26. The molecule has 0 saturated carbocycles. The van der Waals surface area contributed by atoms with Crippen LogP contribution in [0.4, 0.5) is 0 Å². The molecule has 82 valence electrons. The lowest BCUT2D eigenvalue weighted by molar-refractivity contribution is -0.0169. The molecule has 0 aromatic heterocycles. The molecule has 1 atom stereocenters. The van der Waals surface area contributed by atoms with Crippen molar-refractivity contribution in [2.75, 3.05) is 6.79 Å². The molecule has 2 N–H and O–H groups in total. The molecule has 3 nitrogen and oxygen atoms in total. The third kappa shape index (κ3) is 2.33. The second kappa shape index (κ2) is 4.51. The molecule has 1 heterocycles. The maximum atomic E-state index is 5.82. The van der Waals surface area contributed by atoms with Gasteiger partial charge in [-0.25, -0.2) is 0 Å². The van der Waals surface area contributed by atoms with Crippen LogP contribution in [0.25, 0.3) is 0 Å². The Morgan fingerprint density at radius 1 is 1.53 bits per heavy atom. The Bertz CT molecular complexity index is 366. The van der Waals surface area contributed by atoms with Crippen molar-refractivity contribution in [3.63, 3.8) is 0 Å². The number of nitrogens with two attached hydrogens (primary N) is 1. The Balaban J connectivity index is 2.41. The summed E-state index contributed by atoms with van der Waals surface area (Å²) < 4.78 is 11.8. The highest BCUT2D eigenvalue weighted by atomic mass is 79.9. The summed E-state index contributed by atoms with van der Waals surface area (Å²) in [5.74, 6) is 0.917. The van der Waals surface area contributed by atoms with Gasteiger partial charge in [0.1, 0.15) is 5.75 Å². The van der Waals surface area contributed by atoms with Gasteiger partial charge >= 0.3 is 0 Å². The summed E-state index contributed by atoms with van der Waals surface area (Å²) >= 11 is 3.54. The summed E-state index contributed by atoms with van der Waals surface area (Å²) in [5, 5.41) is 0. The molecule has 1 aromatic rings. The second-order valence-electron chi connectivity index (χ2n) is 3.79. The van der Waals surface area contributed by atoms with Gasteiger partial charge in [0.15, 0.2) is 6.79 Å². The van der Waals surface area contributed by atoms with Crippen LogP contribution in [0.1, 0.15) is 18.1 Å². The molecule has 0 spiro atoms. The molecule has 1 unspecified atom stereocenters. The molecule has 4 heteroatoms. The minimum atomic E-state index is 0.134. The van der Waals surface area contributed by atoms with E-state index >= 15 is 0 Å². The minimum Gasteiger partial charge on any atom is -0.467 e. The highest BCUT2D eigenvalue weighted by molar-refractivity contribution is 9.10. The summed E-state index contributed by atoms with van der Waals surface area (Å²) in [4.78, 5) is 0. The lowest BCUT2D eigenvalue weighted by Crippen LogP contribution is -2.21. The summed E-state index contributed by atoms with van der Waals surface area (Å²) in [6.45, 7) is 2.94. The first-order chi connectivity index (χ1) is 7.18. The molecule has 0 fully saturated rings. The Hall–Kier alpha value is -0.580. The van der Waals surface area contributed by atoms with Gasteiger partial charge in [0.2, 0.25) is 0 Å². The van der Waals surface area contributed by atoms with Crippen molar-refractivity contribution >= 4 is 15.9 Å². The molecule has 0 aliphatic carbocycles. The quantitative estimate of drug-likeness (QED) is 0.897. The van der Waals surface area contributed by atoms with Crippen molar-refractivity contribution in [1.29, 1.82) is 0 Å². The summed E-state index contributed by atoms with van der Waals surface area (Å²) in [5.41, 5.74) is 8.14. The van der Waals surface area contributed by atoms with E-state index in [0.29, 0.717) is 13.4 Å². The van der Waals surface area contributed by atoms with Crippen molar-refractivity contribution in [3.8, 4) is 5.75 Å². The average Bonchev–Trinajstić information content (AvgIpc) is 2.22. The summed E-state index contributed by atoms with van der Waals surface area (Å²) in [6.07, 6.45) is 0.830. The Morgan fingerprint density at radius 3 is 3.07 bits per heavy atom. The highest BCUT2D eigenvalue weighted by Crippen LogP contribution is 2.32. The van der Waals surface area contributed by atoms with Crippen LogP contribution in [0.5, 0.6) is 5.75 Å². The van der Waals surface area contributed by atoms with Crippen LogP contribution in [-0.4, -0.2) is 12.8 Å². The van der Waals surface area contributed by atoms with E-state index in [9.17, 15) is 0 Å². The van der Waals surface area contributed by atoms with Crippen LogP contribution in [0.2, 0.25) is 0 Å². The fraction of sp³-hybridized carbons (Fsp3) is 0.455. The van der Waals surface area contributed by atoms with Gasteiger partial charge in [0.25, 0.3) is 0 Å². The number of halogens is 1. The van der Waals surface area contributed by atoms with Crippen LogP contribution in [0, 0.1) is 0 Å². The zero-order valence-corrected chi connectivity index (χ0v) is 10.2. The SMILES string of the molecule is CC(N)Cc1c(Br)ccc2c1COCO2. The van der Waals surface area contributed by atoms with Gasteiger partial charge in [-0.3, -0.25) is 0 Å². The van der Waals surface area contributed by atoms with Gasteiger partial charge < -0.3 is 15.2 Å². The second-order valence-corrected chi connectivity index (χ2v) is 4.65. The largest absolute Gasteiger partial charge is 0.467 e. The number of rotatable bonds is 2. The fourth-order valence-electron chi connectivity index (χ4n) is 1.73. The van der Waals surface area contributed by atoms with Crippen molar-refractivity contribution in [1.82, 2.24) is 0 Å². The predicted molar refractivity (Wildman–Crippen MR) is 61.8 cm³/mol. The van der Waals surface area contributed by atoms with Gasteiger partial charge in [0, 0.05) is 16.1 Å². The molecular weight excluding hydrogens is 258 g/mol. The van der Waals surface area contributed by atoms with Gasteiger partial charge in [-0.05, 0) is 31.0 Å². The summed E-state index contributed by atoms with van der Waals surface area (Å²) in [6, 6.07) is 4.10. The van der Waals surface area contributed by atoms with Gasteiger partial charge in [-0.2, -0.15) is 0 Å². The first kappa shape index (κ1) is 10.9. The molecule has 0 saturated heterocycles. The van der Waals surface area contributed by atoms with Crippen molar-refractivity contribution in [2.45, 2.75) is 26.0 Å². The first-order valence-corrected chi connectivity index (χ1v) is 5.74. The maximum absolute atomic E-state index is 5.82. The monoisotopic (exact) mass is 271 g/mol. The maximum Gasteiger partial charge on any atom is 0.189 e. The van der Waals surface area contributed by atoms with E-state index in [-0.39, 0.29) is 6.04 Å². The van der Waals surface area contributed by atoms with Gasteiger partial charge in [-0.15, -0.1) is 0 Å². The smallest absolute Gasteiger partial charge is 0.189 e. The molecule has 1 aliphatic heterocycles. The molecule has 1 aromatic carbocycles. The predicted octanol–water partition coefficient (Wildman–Crippen LogP) is 2.21. The zero-order valence-electron chi connectivity index (χ0n) is 8.63. The van der Waals surface area contributed by atoms with E-state index in [2.05, 4.69) is 15.9 Å². The van der Waals surface area contributed by atoms with E-state index in [1.165, 1.54) is 5.56 Å². The lowest BCUT2D eigenvalue weighted by atomic mass is 10.0. The van der Waals surface area contributed by atoms with Gasteiger partial charge in [0.05, 0.1) is 6.61 Å². The standard InChI is InChI=1S/C11H14BrNO2/c1-7(13)4-8-9-5-14-6-15-11(9)3-2-10(8)12/h2-3,7H,4-6,13H2,1H3. The van der Waals surface area contributed by atoms with Gasteiger partial charge in [-0.1, -0.05) is 15.9 Å². The Labute approximate surface area is 97.7 Å². The van der Waals surface area contributed by atoms with Crippen molar-refractivity contribution < 1.29 is 9.47 Å². The van der Waals surface area contributed by atoms with Crippen LogP contribution in [0.15, 0.2) is 16.6 Å². The number of hydrogen-bond acceptors (Lipinski definition) is 3. The molecule has 0 radical (unpaired) electrons. The normalized spacial score (nSPS) is 16.7. The Kier molecular flexibility index (Phi) is 3.29. The van der Waals surface area contributed by atoms with E-state index in [1.54, 1.807) is 0 Å². The minimum absolute atomic E-state index is 0.134. The molecule has 15 heavy (non-hydrogen) atoms. The van der Waals surface area contributed by atoms with E-state index in [0.717, 1.165) is 22.2 Å². The first-order valence-electron chi connectivity index (χ1n) is 4.95. The third-order valence-corrected chi connectivity index (χ3v) is 3.14. The van der Waals surface area contributed by atoms with Crippen LogP contribution in [0.3, 0.4) is 0 Å². The van der Waals surface area contributed by atoms with E-state index < -0.39 is 0 Å². The number of benzene rings is 1. The molecule has 0 amide bonds. The molecule has 0 bridgehead atoms. The average molecular weight is 272 g/mol.